The molecule has 2 aliphatic rings. The number of ether oxygens (including phenoxy) is 1. The number of hydrogen-bond acceptors (Lipinski definition) is 5. The molecule has 1 saturated heterocycles. The summed E-state index contributed by atoms with van der Waals surface area (Å²) < 4.78 is 11.0. The summed E-state index contributed by atoms with van der Waals surface area (Å²) >= 11 is 0. The summed E-state index contributed by atoms with van der Waals surface area (Å²) in [5.74, 6) is 2.08. The summed E-state index contributed by atoms with van der Waals surface area (Å²) in [5, 5.41) is 4.07. The maximum absolute atomic E-state index is 6.47. The molecule has 106 valence electrons. The first-order valence-corrected chi connectivity index (χ1v) is 7.46. The van der Waals surface area contributed by atoms with E-state index in [1.54, 1.807) is 0 Å². The lowest BCUT2D eigenvalue weighted by Gasteiger charge is -2.33. The van der Waals surface area contributed by atoms with Gasteiger partial charge in [0.15, 0.2) is 0 Å². The molecule has 3 rings (SSSR count). The normalized spacial score (nSPS) is 35.7. The van der Waals surface area contributed by atoms with E-state index in [-0.39, 0.29) is 6.10 Å². The van der Waals surface area contributed by atoms with Crippen LogP contribution in [0.15, 0.2) is 4.52 Å². The zero-order valence-corrected chi connectivity index (χ0v) is 11.6. The number of hydrogen-bond donors (Lipinski definition) is 1. The molecule has 19 heavy (non-hydrogen) atoms. The summed E-state index contributed by atoms with van der Waals surface area (Å²) in [6.45, 7) is 3.04. The summed E-state index contributed by atoms with van der Waals surface area (Å²) in [7, 11) is 0. The van der Waals surface area contributed by atoms with Crippen LogP contribution in [0.1, 0.15) is 69.7 Å². The highest BCUT2D eigenvalue weighted by Gasteiger charge is 2.38. The van der Waals surface area contributed by atoms with E-state index in [1.165, 1.54) is 6.42 Å². The molecule has 0 radical (unpaired) electrons. The van der Waals surface area contributed by atoms with E-state index in [4.69, 9.17) is 15.0 Å². The summed E-state index contributed by atoms with van der Waals surface area (Å²) in [5.41, 5.74) is 6.05. The van der Waals surface area contributed by atoms with Crippen LogP contribution >= 0.6 is 0 Å². The van der Waals surface area contributed by atoms with Gasteiger partial charge < -0.3 is 15.0 Å². The molecule has 1 atom stereocenters. The molecular weight excluding hydrogens is 242 g/mol. The summed E-state index contributed by atoms with van der Waals surface area (Å²) in [6.07, 6.45) is 7.50. The molecule has 1 aliphatic heterocycles. The Morgan fingerprint density at radius 2 is 2.11 bits per heavy atom. The van der Waals surface area contributed by atoms with Crippen LogP contribution in [0.25, 0.3) is 0 Å². The van der Waals surface area contributed by atoms with Crippen molar-refractivity contribution in [1.82, 2.24) is 10.1 Å². The van der Waals surface area contributed by atoms with Gasteiger partial charge in [-0.2, -0.15) is 4.98 Å². The van der Waals surface area contributed by atoms with Crippen LogP contribution in [0.3, 0.4) is 0 Å². The van der Waals surface area contributed by atoms with Crippen LogP contribution in [0.4, 0.5) is 0 Å². The van der Waals surface area contributed by atoms with Gasteiger partial charge in [0.2, 0.25) is 11.7 Å². The Morgan fingerprint density at radius 1 is 1.32 bits per heavy atom. The number of nitrogens with two attached hydrogens (primary N) is 1. The smallest absolute Gasteiger partial charge is 0.246 e. The summed E-state index contributed by atoms with van der Waals surface area (Å²) in [6, 6.07) is 0. The van der Waals surface area contributed by atoms with Gasteiger partial charge in [0.1, 0.15) is 6.10 Å². The third kappa shape index (κ3) is 2.54. The molecule has 1 aromatic rings. The topological polar surface area (TPSA) is 74.2 Å². The van der Waals surface area contributed by atoms with E-state index >= 15 is 0 Å². The van der Waals surface area contributed by atoms with Crippen molar-refractivity contribution < 1.29 is 9.26 Å². The molecule has 1 aromatic heterocycles. The quantitative estimate of drug-likeness (QED) is 0.909. The number of rotatable bonds is 3. The van der Waals surface area contributed by atoms with Gasteiger partial charge in [-0.3, -0.25) is 0 Å². The standard InChI is InChI=1S/C14H23N3O2/c1-2-10-5-7-14(15,8-6-10)13-16-12(17-19-13)11-4-3-9-18-11/h10-11H,2-9,15H2,1H3. The molecule has 2 fully saturated rings. The van der Waals surface area contributed by atoms with Crippen LogP contribution < -0.4 is 5.73 Å². The number of aromatic nitrogens is 2. The maximum atomic E-state index is 6.47. The molecule has 2 N–H and O–H groups in total. The zero-order chi connectivity index (χ0) is 13.3. The second-order valence-corrected chi connectivity index (χ2v) is 5.97. The number of nitrogens with zero attached hydrogens (tertiary/aromatic N) is 2. The van der Waals surface area contributed by atoms with Gasteiger partial charge in [0.05, 0.1) is 5.54 Å². The van der Waals surface area contributed by atoms with Gasteiger partial charge in [-0.1, -0.05) is 18.5 Å². The highest BCUT2D eigenvalue weighted by molar-refractivity contribution is 5.05. The second-order valence-electron chi connectivity index (χ2n) is 5.97. The predicted octanol–water partition coefficient (Wildman–Crippen LogP) is 2.68. The molecule has 5 heteroatoms. The third-order valence-electron chi connectivity index (χ3n) is 4.66. The fourth-order valence-corrected chi connectivity index (χ4v) is 3.16. The first-order valence-electron chi connectivity index (χ1n) is 7.46. The lowest BCUT2D eigenvalue weighted by Crippen LogP contribution is -2.40. The van der Waals surface area contributed by atoms with E-state index in [2.05, 4.69) is 17.1 Å². The van der Waals surface area contributed by atoms with E-state index < -0.39 is 5.54 Å². The molecule has 5 nitrogen and oxygen atoms in total. The fraction of sp³-hybridized carbons (Fsp3) is 0.857. The van der Waals surface area contributed by atoms with Gasteiger partial charge in [-0.25, -0.2) is 0 Å². The van der Waals surface area contributed by atoms with Crippen LogP contribution in [0, 0.1) is 5.92 Å². The molecule has 0 aromatic carbocycles. The van der Waals surface area contributed by atoms with E-state index in [0.29, 0.717) is 11.7 Å². The van der Waals surface area contributed by atoms with Crippen molar-refractivity contribution in [1.29, 1.82) is 0 Å². The van der Waals surface area contributed by atoms with Gasteiger partial charge in [-0.15, -0.1) is 0 Å². The van der Waals surface area contributed by atoms with Gasteiger partial charge in [0, 0.05) is 6.61 Å². The Labute approximate surface area is 113 Å². The van der Waals surface area contributed by atoms with Crippen LogP contribution in [0.2, 0.25) is 0 Å². The van der Waals surface area contributed by atoms with Crippen LogP contribution in [0.5, 0.6) is 0 Å². The molecular formula is C14H23N3O2. The minimum atomic E-state index is -0.421. The highest BCUT2D eigenvalue weighted by Crippen LogP contribution is 2.38. The van der Waals surface area contributed by atoms with Gasteiger partial charge >= 0.3 is 0 Å². The Hall–Kier alpha value is -0.940. The second kappa shape index (κ2) is 5.21. The average molecular weight is 265 g/mol. The van der Waals surface area contributed by atoms with E-state index in [1.807, 2.05) is 0 Å². The highest BCUT2D eigenvalue weighted by atomic mass is 16.5. The lowest BCUT2D eigenvalue weighted by atomic mass is 9.76. The first-order chi connectivity index (χ1) is 9.21. The molecule has 0 amide bonds. The van der Waals surface area contributed by atoms with Crippen molar-refractivity contribution in [3.63, 3.8) is 0 Å². The molecule has 0 bridgehead atoms. The average Bonchev–Trinajstić information content (AvgIpc) is 3.10. The Morgan fingerprint density at radius 3 is 2.74 bits per heavy atom. The molecule has 1 unspecified atom stereocenters. The zero-order valence-electron chi connectivity index (χ0n) is 11.6. The van der Waals surface area contributed by atoms with Gasteiger partial charge in [-0.05, 0) is 44.4 Å². The van der Waals surface area contributed by atoms with E-state index in [9.17, 15) is 0 Å². The largest absolute Gasteiger partial charge is 0.370 e. The molecule has 2 heterocycles. The van der Waals surface area contributed by atoms with Crippen molar-refractivity contribution in [2.45, 2.75) is 63.5 Å². The molecule has 1 aliphatic carbocycles. The van der Waals surface area contributed by atoms with Crippen LogP contribution in [-0.2, 0) is 10.3 Å². The minimum absolute atomic E-state index is 0.00748. The van der Waals surface area contributed by atoms with E-state index in [0.717, 1.165) is 51.0 Å². The lowest BCUT2D eigenvalue weighted by molar-refractivity contribution is 0.103. The molecule has 0 spiro atoms. The van der Waals surface area contributed by atoms with Crippen molar-refractivity contribution in [2.75, 3.05) is 6.61 Å². The SMILES string of the molecule is CCC1CCC(N)(c2nc(C3CCCO3)no2)CC1. The van der Waals surface area contributed by atoms with Crippen molar-refractivity contribution in [3.05, 3.63) is 11.7 Å². The molecule has 1 saturated carbocycles. The Bertz CT molecular complexity index is 418. The predicted molar refractivity (Wildman–Crippen MR) is 70.3 cm³/mol. The van der Waals surface area contributed by atoms with Crippen molar-refractivity contribution in [3.8, 4) is 0 Å². The van der Waals surface area contributed by atoms with Crippen molar-refractivity contribution in [2.24, 2.45) is 11.7 Å². The summed E-state index contributed by atoms with van der Waals surface area (Å²) in [4.78, 5) is 4.51. The van der Waals surface area contributed by atoms with Gasteiger partial charge in [0.25, 0.3) is 0 Å². The Balaban J connectivity index is 1.71. The van der Waals surface area contributed by atoms with Crippen molar-refractivity contribution >= 4 is 0 Å². The van der Waals surface area contributed by atoms with Crippen LogP contribution in [-0.4, -0.2) is 16.7 Å². The maximum Gasteiger partial charge on any atom is 0.246 e. The fourth-order valence-electron chi connectivity index (χ4n) is 3.16. The third-order valence-corrected chi connectivity index (χ3v) is 4.66. The first kappa shape index (κ1) is 13.1. The minimum Gasteiger partial charge on any atom is -0.370 e. The monoisotopic (exact) mass is 265 g/mol. The Kier molecular flexibility index (Phi) is 3.58.